The summed E-state index contributed by atoms with van der Waals surface area (Å²) in [6.45, 7) is 5.06. The molecule has 2 N–H and O–H groups in total. The van der Waals surface area contributed by atoms with Crippen LogP contribution in [-0.4, -0.2) is 35.7 Å². The van der Waals surface area contributed by atoms with Gasteiger partial charge in [0, 0.05) is 31.4 Å². The van der Waals surface area contributed by atoms with Crippen molar-refractivity contribution in [2.45, 2.75) is 25.5 Å². The molecule has 0 aromatic heterocycles. The summed E-state index contributed by atoms with van der Waals surface area (Å²) < 4.78 is 0. The van der Waals surface area contributed by atoms with E-state index in [0.29, 0.717) is 18.5 Å². The Bertz CT molecular complexity index is 587. The van der Waals surface area contributed by atoms with Crippen LogP contribution in [-0.2, 0) is 0 Å². The monoisotopic (exact) mass is 310 g/mol. The second-order valence-corrected chi connectivity index (χ2v) is 6.57. The second kappa shape index (κ2) is 7.62. The van der Waals surface area contributed by atoms with Crippen LogP contribution in [0.3, 0.4) is 0 Å². The summed E-state index contributed by atoms with van der Waals surface area (Å²) in [7, 11) is 0. The van der Waals surface area contributed by atoms with Gasteiger partial charge in [0.05, 0.1) is 6.10 Å². The molecular formula is C20H26N2O. The maximum absolute atomic E-state index is 10.4. The molecular weight excluding hydrogens is 284 g/mol. The molecule has 0 bridgehead atoms. The van der Waals surface area contributed by atoms with Crippen molar-refractivity contribution in [3.8, 4) is 0 Å². The minimum absolute atomic E-state index is 0.401. The summed E-state index contributed by atoms with van der Waals surface area (Å²) in [6.07, 6.45) is 0.708. The first kappa shape index (κ1) is 16.0. The number of nitrogens with one attached hydrogen (secondary N) is 1. The highest BCUT2D eigenvalue weighted by molar-refractivity contribution is 5.43. The lowest BCUT2D eigenvalue weighted by atomic mass is 9.93. The number of aliphatic hydroxyl groups is 1. The minimum atomic E-state index is -0.401. The molecule has 3 nitrogen and oxygen atoms in total. The molecule has 1 aliphatic rings. The summed E-state index contributed by atoms with van der Waals surface area (Å²) in [4.78, 5) is 2.38. The van der Waals surface area contributed by atoms with E-state index < -0.39 is 6.10 Å². The average molecular weight is 310 g/mol. The number of anilines is 1. The maximum atomic E-state index is 10.4. The fourth-order valence-corrected chi connectivity index (χ4v) is 3.39. The highest BCUT2D eigenvalue weighted by Gasteiger charge is 2.27. The van der Waals surface area contributed by atoms with E-state index in [9.17, 15) is 5.11 Å². The van der Waals surface area contributed by atoms with Gasteiger partial charge < -0.3 is 10.4 Å². The third kappa shape index (κ3) is 4.34. The largest absolute Gasteiger partial charge is 0.387 e. The van der Waals surface area contributed by atoms with Crippen molar-refractivity contribution in [3.63, 3.8) is 0 Å². The van der Waals surface area contributed by atoms with E-state index in [1.54, 1.807) is 0 Å². The molecule has 23 heavy (non-hydrogen) atoms. The molecule has 1 saturated heterocycles. The zero-order chi connectivity index (χ0) is 16.1. The Labute approximate surface area is 139 Å². The molecule has 0 radical (unpaired) electrons. The van der Waals surface area contributed by atoms with Crippen molar-refractivity contribution in [2.24, 2.45) is 5.92 Å². The molecule has 122 valence electrons. The number of piperidine rings is 1. The first-order chi connectivity index (χ1) is 11.2. The SMILES string of the molecule is C[C@@H]1CN(C[C@@H](O)c2ccccc2)CC[C@@H]1Nc1ccccc1. The van der Waals surface area contributed by atoms with Crippen LogP contribution in [0.15, 0.2) is 60.7 Å². The summed E-state index contributed by atoms with van der Waals surface area (Å²) in [6, 6.07) is 20.9. The molecule has 1 heterocycles. The molecule has 3 atom stereocenters. The molecule has 0 aliphatic carbocycles. The Morgan fingerprint density at radius 3 is 2.39 bits per heavy atom. The van der Waals surface area contributed by atoms with E-state index in [0.717, 1.165) is 25.1 Å². The second-order valence-electron chi connectivity index (χ2n) is 6.57. The van der Waals surface area contributed by atoms with Gasteiger partial charge in [-0.05, 0) is 30.0 Å². The number of likely N-dealkylation sites (tertiary alicyclic amines) is 1. The van der Waals surface area contributed by atoms with E-state index in [-0.39, 0.29) is 0 Å². The van der Waals surface area contributed by atoms with Crippen LogP contribution in [0, 0.1) is 5.92 Å². The number of benzene rings is 2. The van der Waals surface area contributed by atoms with Gasteiger partial charge in [-0.25, -0.2) is 0 Å². The van der Waals surface area contributed by atoms with Gasteiger partial charge >= 0.3 is 0 Å². The van der Waals surface area contributed by atoms with Gasteiger partial charge in [0.15, 0.2) is 0 Å². The van der Waals surface area contributed by atoms with Crippen LogP contribution in [0.4, 0.5) is 5.69 Å². The van der Waals surface area contributed by atoms with Gasteiger partial charge in [-0.1, -0.05) is 55.5 Å². The Balaban J connectivity index is 1.52. The smallest absolute Gasteiger partial charge is 0.0916 e. The van der Waals surface area contributed by atoms with E-state index in [2.05, 4.69) is 41.4 Å². The summed E-state index contributed by atoms with van der Waals surface area (Å²) in [5.41, 5.74) is 2.20. The van der Waals surface area contributed by atoms with E-state index in [1.165, 1.54) is 5.69 Å². The first-order valence-electron chi connectivity index (χ1n) is 8.49. The number of hydrogen-bond acceptors (Lipinski definition) is 3. The van der Waals surface area contributed by atoms with Crippen molar-refractivity contribution < 1.29 is 5.11 Å². The molecule has 1 fully saturated rings. The maximum Gasteiger partial charge on any atom is 0.0916 e. The van der Waals surface area contributed by atoms with Crippen molar-refractivity contribution in [1.29, 1.82) is 0 Å². The van der Waals surface area contributed by atoms with Crippen molar-refractivity contribution in [3.05, 3.63) is 66.2 Å². The fourth-order valence-electron chi connectivity index (χ4n) is 3.39. The molecule has 0 saturated carbocycles. The minimum Gasteiger partial charge on any atom is -0.387 e. The fraction of sp³-hybridized carbons (Fsp3) is 0.400. The van der Waals surface area contributed by atoms with Gasteiger partial charge in [0.25, 0.3) is 0 Å². The third-order valence-electron chi connectivity index (χ3n) is 4.73. The van der Waals surface area contributed by atoms with Gasteiger partial charge in [0.1, 0.15) is 0 Å². The topological polar surface area (TPSA) is 35.5 Å². The zero-order valence-electron chi connectivity index (χ0n) is 13.7. The van der Waals surface area contributed by atoms with Crippen LogP contribution in [0.25, 0.3) is 0 Å². The van der Waals surface area contributed by atoms with Crippen molar-refractivity contribution in [1.82, 2.24) is 4.90 Å². The van der Waals surface area contributed by atoms with Crippen LogP contribution < -0.4 is 5.32 Å². The Hall–Kier alpha value is -1.84. The molecule has 0 unspecified atom stereocenters. The van der Waals surface area contributed by atoms with E-state index in [4.69, 9.17) is 0 Å². The summed E-state index contributed by atoms with van der Waals surface area (Å²) in [5.74, 6) is 0.562. The van der Waals surface area contributed by atoms with E-state index >= 15 is 0 Å². The third-order valence-corrected chi connectivity index (χ3v) is 4.73. The van der Waals surface area contributed by atoms with Gasteiger partial charge in [-0.15, -0.1) is 0 Å². The molecule has 1 aliphatic heterocycles. The number of aliphatic hydroxyl groups excluding tert-OH is 1. The summed E-state index contributed by atoms with van der Waals surface area (Å²) in [5, 5.41) is 14.0. The van der Waals surface area contributed by atoms with Crippen molar-refractivity contribution >= 4 is 5.69 Å². The summed E-state index contributed by atoms with van der Waals surface area (Å²) >= 11 is 0. The average Bonchev–Trinajstić information content (AvgIpc) is 2.59. The number of β-amino-alcohol motifs (C(OH)–C–C–N with tert-alkyl or cyclic N) is 1. The molecule has 2 aromatic carbocycles. The van der Waals surface area contributed by atoms with Gasteiger partial charge in [0.2, 0.25) is 0 Å². The van der Waals surface area contributed by atoms with Crippen LogP contribution in [0.2, 0.25) is 0 Å². The molecule has 0 amide bonds. The Morgan fingerprint density at radius 1 is 1.09 bits per heavy atom. The lowest BCUT2D eigenvalue weighted by Gasteiger charge is -2.38. The standard InChI is InChI=1S/C20H26N2O/c1-16-14-22(15-20(23)17-8-4-2-5-9-17)13-12-19(16)21-18-10-6-3-7-11-18/h2-11,16,19-21,23H,12-15H2,1H3/t16-,19+,20-/m1/s1. The number of para-hydroxylation sites is 1. The molecule has 3 rings (SSSR count). The number of rotatable bonds is 5. The Morgan fingerprint density at radius 2 is 1.74 bits per heavy atom. The zero-order valence-corrected chi connectivity index (χ0v) is 13.7. The van der Waals surface area contributed by atoms with Crippen LogP contribution in [0.5, 0.6) is 0 Å². The number of hydrogen-bond donors (Lipinski definition) is 2. The molecule has 3 heteroatoms. The molecule has 0 spiro atoms. The highest BCUT2D eigenvalue weighted by atomic mass is 16.3. The predicted molar refractivity (Wildman–Crippen MR) is 95.5 cm³/mol. The first-order valence-corrected chi connectivity index (χ1v) is 8.49. The molecule has 2 aromatic rings. The lowest BCUT2D eigenvalue weighted by molar-refractivity contribution is 0.0837. The Kier molecular flexibility index (Phi) is 5.31. The van der Waals surface area contributed by atoms with Gasteiger partial charge in [-0.2, -0.15) is 0 Å². The highest BCUT2D eigenvalue weighted by Crippen LogP contribution is 2.23. The lowest BCUT2D eigenvalue weighted by Crippen LogP contribution is -2.46. The van der Waals surface area contributed by atoms with Crippen LogP contribution >= 0.6 is 0 Å². The predicted octanol–water partition coefficient (Wildman–Crippen LogP) is 3.54. The normalized spacial score (nSPS) is 23.4. The van der Waals surface area contributed by atoms with Crippen LogP contribution in [0.1, 0.15) is 25.0 Å². The van der Waals surface area contributed by atoms with Gasteiger partial charge in [-0.3, -0.25) is 4.90 Å². The van der Waals surface area contributed by atoms with Crippen molar-refractivity contribution in [2.75, 3.05) is 25.0 Å². The number of nitrogens with zero attached hydrogens (tertiary/aromatic N) is 1. The quantitative estimate of drug-likeness (QED) is 0.886. The van der Waals surface area contributed by atoms with E-state index in [1.807, 2.05) is 36.4 Å².